The number of ether oxygens (including phenoxy) is 1. The molecule has 124 valence electrons. The third kappa shape index (κ3) is 3.56. The molecule has 0 saturated heterocycles. The SMILES string of the molecule is COC1=C/CCCc2cn(-c3ccc(C(=O)O)cc3)nc2C/C=C\1. The highest BCUT2D eigenvalue weighted by atomic mass is 16.5. The molecule has 5 heteroatoms. The van der Waals surface area contributed by atoms with Crippen LogP contribution < -0.4 is 0 Å². The lowest BCUT2D eigenvalue weighted by atomic mass is 10.1. The summed E-state index contributed by atoms with van der Waals surface area (Å²) in [6.07, 6.45) is 11.9. The summed E-state index contributed by atoms with van der Waals surface area (Å²) < 4.78 is 7.14. The number of benzene rings is 1. The highest BCUT2D eigenvalue weighted by Crippen LogP contribution is 2.18. The van der Waals surface area contributed by atoms with Crippen molar-refractivity contribution in [2.24, 2.45) is 0 Å². The third-order valence-electron chi connectivity index (χ3n) is 4.08. The van der Waals surface area contributed by atoms with E-state index in [0.29, 0.717) is 0 Å². The fourth-order valence-corrected chi connectivity index (χ4v) is 2.76. The molecule has 1 aliphatic carbocycles. The van der Waals surface area contributed by atoms with Gasteiger partial charge >= 0.3 is 5.97 Å². The molecule has 0 aliphatic heterocycles. The van der Waals surface area contributed by atoms with E-state index in [0.717, 1.165) is 42.8 Å². The topological polar surface area (TPSA) is 64.3 Å². The summed E-state index contributed by atoms with van der Waals surface area (Å²) in [5.74, 6) is -0.0319. The van der Waals surface area contributed by atoms with E-state index < -0.39 is 5.97 Å². The van der Waals surface area contributed by atoms with Crippen LogP contribution in [0.15, 0.2) is 54.4 Å². The average Bonchev–Trinajstić information content (AvgIpc) is 3.01. The Hall–Kier alpha value is -2.82. The summed E-state index contributed by atoms with van der Waals surface area (Å²) in [4.78, 5) is 11.0. The van der Waals surface area contributed by atoms with E-state index in [1.54, 1.807) is 31.4 Å². The van der Waals surface area contributed by atoms with Gasteiger partial charge in [-0.05, 0) is 61.2 Å². The molecule has 5 nitrogen and oxygen atoms in total. The van der Waals surface area contributed by atoms with Crippen molar-refractivity contribution in [2.45, 2.75) is 25.7 Å². The molecule has 0 saturated carbocycles. The minimum Gasteiger partial charge on any atom is -0.497 e. The quantitative estimate of drug-likeness (QED) is 0.938. The number of rotatable bonds is 3. The highest BCUT2D eigenvalue weighted by molar-refractivity contribution is 5.87. The van der Waals surface area contributed by atoms with Crippen molar-refractivity contribution in [1.29, 1.82) is 0 Å². The molecule has 0 spiro atoms. The van der Waals surface area contributed by atoms with Crippen LogP contribution >= 0.6 is 0 Å². The van der Waals surface area contributed by atoms with Gasteiger partial charge in [0.05, 0.1) is 24.1 Å². The Bertz CT molecular complexity index is 785. The van der Waals surface area contributed by atoms with Gasteiger partial charge in [0.1, 0.15) is 5.76 Å². The Morgan fingerprint density at radius 2 is 2.08 bits per heavy atom. The first-order valence-corrected chi connectivity index (χ1v) is 7.99. The van der Waals surface area contributed by atoms with E-state index in [2.05, 4.69) is 17.3 Å². The number of methoxy groups -OCH3 is 1. The van der Waals surface area contributed by atoms with E-state index >= 15 is 0 Å². The lowest BCUT2D eigenvalue weighted by Crippen LogP contribution is -1.99. The van der Waals surface area contributed by atoms with Crippen molar-refractivity contribution in [3.63, 3.8) is 0 Å². The van der Waals surface area contributed by atoms with Gasteiger partial charge in [0.15, 0.2) is 0 Å². The molecule has 1 aromatic heterocycles. The number of nitrogens with zero attached hydrogens (tertiary/aromatic N) is 2. The van der Waals surface area contributed by atoms with Crippen LogP contribution in [0.1, 0.15) is 34.5 Å². The van der Waals surface area contributed by atoms with Crippen molar-refractivity contribution in [3.8, 4) is 5.69 Å². The van der Waals surface area contributed by atoms with Crippen LogP contribution in [-0.4, -0.2) is 28.0 Å². The second-order valence-corrected chi connectivity index (χ2v) is 5.71. The predicted octanol–water partition coefficient (Wildman–Crippen LogP) is 3.54. The molecule has 0 fully saturated rings. The molecular weight excluding hydrogens is 304 g/mol. The lowest BCUT2D eigenvalue weighted by molar-refractivity contribution is 0.0697. The van der Waals surface area contributed by atoms with Crippen LogP contribution in [0.3, 0.4) is 0 Å². The first-order valence-electron chi connectivity index (χ1n) is 7.99. The molecule has 0 radical (unpaired) electrons. The van der Waals surface area contributed by atoms with E-state index in [1.807, 2.05) is 17.0 Å². The van der Waals surface area contributed by atoms with Crippen molar-refractivity contribution < 1.29 is 14.6 Å². The van der Waals surface area contributed by atoms with Crippen LogP contribution in [0.4, 0.5) is 0 Å². The van der Waals surface area contributed by atoms with Crippen LogP contribution in [0.2, 0.25) is 0 Å². The number of carboxylic acid groups (broad SMARTS) is 1. The monoisotopic (exact) mass is 324 g/mol. The van der Waals surface area contributed by atoms with Gasteiger partial charge in [-0.3, -0.25) is 0 Å². The number of allylic oxidation sites excluding steroid dienone is 3. The normalized spacial score (nSPS) is 18.1. The Morgan fingerprint density at radius 1 is 1.29 bits per heavy atom. The second kappa shape index (κ2) is 7.17. The zero-order valence-electron chi connectivity index (χ0n) is 13.6. The fraction of sp³-hybridized carbons (Fsp3) is 0.263. The minimum atomic E-state index is -0.923. The molecule has 1 heterocycles. The Kier molecular flexibility index (Phi) is 4.79. The number of aryl methyl sites for hydroxylation is 1. The molecule has 1 aliphatic rings. The van der Waals surface area contributed by atoms with Crippen molar-refractivity contribution in [1.82, 2.24) is 9.78 Å². The van der Waals surface area contributed by atoms with E-state index in [-0.39, 0.29) is 5.56 Å². The highest BCUT2D eigenvalue weighted by Gasteiger charge is 2.11. The zero-order chi connectivity index (χ0) is 16.9. The summed E-state index contributed by atoms with van der Waals surface area (Å²) in [5.41, 5.74) is 3.42. The summed E-state index contributed by atoms with van der Waals surface area (Å²) in [6.45, 7) is 0. The van der Waals surface area contributed by atoms with Crippen molar-refractivity contribution in [2.75, 3.05) is 7.11 Å². The first-order chi connectivity index (χ1) is 11.7. The maximum Gasteiger partial charge on any atom is 0.335 e. The number of carboxylic acids is 1. The molecule has 24 heavy (non-hydrogen) atoms. The largest absolute Gasteiger partial charge is 0.497 e. The Labute approximate surface area is 140 Å². The molecule has 0 unspecified atom stereocenters. The molecule has 1 aromatic carbocycles. The second-order valence-electron chi connectivity index (χ2n) is 5.71. The van der Waals surface area contributed by atoms with Crippen molar-refractivity contribution >= 4 is 5.97 Å². The maximum absolute atomic E-state index is 11.0. The number of aromatic nitrogens is 2. The fourth-order valence-electron chi connectivity index (χ4n) is 2.76. The number of hydrogen-bond acceptors (Lipinski definition) is 3. The summed E-state index contributed by atoms with van der Waals surface area (Å²) in [6, 6.07) is 6.76. The van der Waals surface area contributed by atoms with E-state index in [9.17, 15) is 4.79 Å². The predicted molar refractivity (Wildman–Crippen MR) is 91.4 cm³/mol. The number of aromatic carboxylic acids is 1. The maximum atomic E-state index is 11.0. The third-order valence-corrected chi connectivity index (χ3v) is 4.08. The van der Waals surface area contributed by atoms with Gasteiger partial charge in [-0.1, -0.05) is 6.08 Å². The van der Waals surface area contributed by atoms with Crippen molar-refractivity contribution in [3.05, 3.63) is 71.3 Å². The van der Waals surface area contributed by atoms with Gasteiger partial charge in [0.25, 0.3) is 0 Å². The smallest absolute Gasteiger partial charge is 0.335 e. The molecule has 3 rings (SSSR count). The number of fused-ring (bicyclic) bond motifs is 1. The lowest BCUT2D eigenvalue weighted by Gasteiger charge is -2.04. The molecule has 2 aromatic rings. The van der Waals surface area contributed by atoms with Gasteiger partial charge in [0, 0.05) is 12.6 Å². The van der Waals surface area contributed by atoms with Crippen LogP contribution in [0, 0.1) is 0 Å². The van der Waals surface area contributed by atoms with Gasteiger partial charge in [-0.15, -0.1) is 0 Å². The minimum absolute atomic E-state index is 0.276. The molecule has 1 N–H and O–H groups in total. The summed E-state index contributed by atoms with van der Waals surface area (Å²) in [5, 5.41) is 13.7. The van der Waals surface area contributed by atoms with Crippen LogP contribution in [-0.2, 0) is 17.6 Å². The molecule has 0 atom stereocenters. The molecular formula is C19H20N2O3. The number of carbonyl (C=O) groups is 1. The number of hydrogen-bond donors (Lipinski definition) is 1. The average molecular weight is 324 g/mol. The van der Waals surface area contributed by atoms with Gasteiger partial charge in [-0.25, -0.2) is 9.48 Å². The van der Waals surface area contributed by atoms with Gasteiger partial charge in [-0.2, -0.15) is 5.10 Å². The first kappa shape index (κ1) is 16.1. The van der Waals surface area contributed by atoms with E-state index in [1.165, 1.54) is 5.56 Å². The van der Waals surface area contributed by atoms with Gasteiger partial charge in [0.2, 0.25) is 0 Å². The van der Waals surface area contributed by atoms with Gasteiger partial charge < -0.3 is 9.84 Å². The molecule has 0 bridgehead atoms. The Morgan fingerprint density at radius 3 is 2.79 bits per heavy atom. The zero-order valence-corrected chi connectivity index (χ0v) is 13.6. The Balaban J connectivity index is 1.86. The summed E-state index contributed by atoms with van der Waals surface area (Å²) in [7, 11) is 1.68. The van der Waals surface area contributed by atoms with E-state index in [4.69, 9.17) is 9.84 Å². The van der Waals surface area contributed by atoms with Crippen LogP contribution in [0.25, 0.3) is 5.69 Å². The molecule has 0 amide bonds. The standard InChI is InChI=1S/C19H20N2O3/c1-24-17-6-3-2-5-15-13-21(20-18(15)8-4-7-17)16-11-9-14(10-12-16)19(22)23/h4,6-7,9-13H,2-3,5,8H2,1H3,(H,22,23)/b7-4-,17-6+. The van der Waals surface area contributed by atoms with Crippen LogP contribution in [0.5, 0.6) is 0 Å². The summed E-state index contributed by atoms with van der Waals surface area (Å²) >= 11 is 0.